The normalized spacial score (nSPS) is 33.6. The van der Waals surface area contributed by atoms with Gasteiger partial charge in [-0.3, -0.25) is 4.79 Å². The summed E-state index contributed by atoms with van der Waals surface area (Å²) in [5.41, 5.74) is 1.52. The van der Waals surface area contributed by atoms with Crippen LogP contribution in [0.3, 0.4) is 0 Å². The van der Waals surface area contributed by atoms with Crippen LogP contribution >= 0.6 is 0 Å². The van der Waals surface area contributed by atoms with Crippen LogP contribution < -0.4 is 10.1 Å². The minimum absolute atomic E-state index is 0.0168. The van der Waals surface area contributed by atoms with E-state index >= 15 is 0 Å². The standard InChI is InChI=1S/C27H37NO6/c1-6-15-31-20-10-8-19(9-11-20)28-16-23(29)33-21-13-14-27(17-32-27)25(24(21)30-5)26(4)22(34-26)12-7-18(2)3/h6-11,21-22,24-25,28H,1,12-17H2,2-5H3/t21-,22-,24-,25-,26-,27+/m1/s1. The number of esters is 1. The van der Waals surface area contributed by atoms with E-state index < -0.39 is 0 Å². The first-order chi connectivity index (χ1) is 16.3. The zero-order chi connectivity index (χ0) is 24.3. The average molecular weight is 472 g/mol. The SMILES string of the molecule is C=CCOc1ccc(NCC(=O)O[C@@H]2CC[C@]3(CO3)[C@@H]([C@]3(C)O[C@@H]3CC=C(C)C)[C@@H]2OC)cc1. The van der Waals surface area contributed by atoms with Crippen molar-refractivity contribution in [1.82, 2.24) is 0 Å². The lowest BCUT2D eigenvalue weighted by atomic mass is 9.68. The maximum Gasteiger partial charge on any atom is 0.325 e. The first-order valence-corrected chi connectivity index (χ1v) is 12.1. The van der Waals surface area contributed by atoms with Crippen LogP contribution in [0.15, 0.2) is 48.6 Å². The van der Waals surface area contributed by atoms with E-state index in [4.69, 9.17) is 23.7 Å². The second kappa shape index (κ2) is 10.1. The van der Waals surface area contributed by atoms with Crippen molar-refractivity contribution in [3.8, 4) is 5.75 Å². The Kier molecular flexibility index (Phi) is 7.36. The summed E-state index contributed by atoms with van der Waals surface area (Å²) < 4.78 is 29.5. The Labute approximate surface area is 202 Å². The zero-order valence-corrected chi connectivity index (χ0v) is 20.7. The molecule has 2 saturated heterocycles. The molecule has 1 aliphatic carbocycles. The molecule has 7 heteroatoms. The molecule has 1 saturated carbocycles. The van der Waals surface area contributed by atoms with E-state index in [0.717, 1.165) is 24.3 Å². The molecule has 0 aromatic heterocycles. The number of carbonyl (C=O) groups is 1. The van der Waals surface area contributed by atoms with Gasteiger partial charge in [-0.25, -0.2) is 0 Å². The van der Waals surface area contributed by atoms with Crippen LogP contribution in [0.1, 0.15) is 40.0 Å². The van der Waals surface area contributed by atoms with Gasteiger partial charge in [0.05, 0.1) is 18.6 Å². The minimum atomic E-state index is -0.345. The monoisotopic (exact) mass is 471 g/mol. The van der Waals surface area contributed by atoms with Gasteiger partial charge >= 0.3 is 5.97 Å². The Morgan fingerprint density at radius 3 is 2.65 bits per heavy atom. The third-order valence-corrected chi connectivity index (χ3v) is 7.18. The lowest BCUT2D eigenvalue weighted by molar-refractivity contribution is -0.170. The van der Waals surface area contributed by atoms with Crippen molar-refractivity contribution in [2.45, 2.75) is 69.5 Å². The number of allylic oxidation sites excluding steroid dienone is 1. The van der Waals surface area contributed by atoms with Crippen LogP contribution in [0.25, 0.3) is 0 Å². The van der Waals surface area contributed by atoms with Gasteiger partial charge in [0.1, 0.15) is 42.3 Å². The van der Waals surface area contributed by atoms with E-state index in [0.29, 0.717) is 19.6 Å². The maximum absolute atomic E-state index is 12.7. The fourth-order valence-corrected chi connectivity index (χ4v) is 5.28. The second-order valence-corrected chi connectivity index (χ2v) is 9.88. The van der Waals surface area contributed by atoms with Crippen molar-refractivity contribution in [3.05, 3.63) is 48.6 Å². The Morgan fingerprint density at radius 1 is 1.29 bits per heavy atom. The number of anilines is 1. The molecule has 0 radical (unpaired) electrons. The summed E-state index contributed by atoms with van der Waals surface area (Å²) >= 11 is 0. The number of nitrogens with one attached hydrogen (secondary N) is 1. The number of carbonyl (C=O) groups excluding carboxylic acids is 1. The van der Waals surface area contributed by atoms with Crippen molar-refractivity contribution >= 4 is 11.7 Å². The summed E-state index contributed by atoms with van der Waals surface area (Å²) in [5, 5.41) is 3.12. The summed E-state index contributed by atoms with van der Waals surface area (Å²) in [6.45, 7) is 11.2. The van der Waals surface area contributed by atoms with Gasteiger partial charge in [0, 0.05) is 12.8 Å². The van der Waals surface area contributed by atoms with Gasteiger partial charge in [-0.2, -0.15) is 0 Å². The molecule has 0 unspecified atom stereocenters. The van der Waals surface area contributed by atoms with Crippen molar-refractivity contribution < 1.29 is 28.5 Å². The third-order valence-electron chi connectivity index (χ3n) is 7.18. The molecule has 7 nitrogen and oxygen atoms in total. The van der Waals surface area contributed by atoms with E-state index in [9.17, 15) is 4.79 Å². The van der Waals surface area contributed by atoms with Crippen molar-refractivity contribution in [1.29, 1.82) is 0 Å². The molecule has 0 bridgehead atoms. The predicted molar refractivity (Wildman–Crippen MR) is 130 cm³/mol. The molecular formula is C27H37NO6. The molecule has 4 rings (SSSR count). The second-order valence-electron chi connectivity index (χ2n) is 9.88. The molecule has 1 aromatic carbocycles. The molecule has 1 N–H and O–H groups in total. The van der Waals surface area contributed by atoms with Crippen LogP contribution in [0.2, 0.25) is 0 Å². The van der Waals surface area contributed by atoms with Crippen LogP contribution in [-0.2, 0) is 23.7 Å². The Morgan fingerprint density at radius 2 is 2.03 bits per heavy atom. The number of hydrogen-bond donors (Lipinski definition) is 1. The highest BCUT2D eigenvalue weighted by atomic mass is 16.6. The van der Waals surface area contributed by atoms with Crippen LogP contribution in [-0.4, -0.2) is 62.4 Å². The number of benzene rings is 1. The number of rotatable bonds is 11. The van der Waals surface area contributed by atoms with E-state index in [1.54, 1.807) is 13.2 Å². The molecule has 186 valence electrons. The fraction of sp³-hybridized carbons (Fsp3) is 0.593. The van der Waals surface area contributed by atoms with E-state index in [2.05, 4.69) is 38.7 Å². The lowest BCUT2D eigenvalue weighted by Crippen LogP contribution is -2.55. The van der Waals surface area contributed by atoms with Crippen molar-refractivity contribution in [2.24, 2.45) is 5.92 Å². The minimum Gasteiger partial charge on any atom is -0.490 e. The zero-order valence-electron chi connectivity index (χ0n) is 20.7. The molecule has 6 atom stereocenters. The smallest absolute Gasteiger partial charge is 0.325 e. The highest BCUT2D eigenvalue weighted by Crippen LogP contribution is 2.59. The summed E-state index contributed by atoms with van der Waals surface area (Å²) in [6.07, 6.45) is 5.84. The van der Waals surface area contributed by atoms with E-state index in [-0.39, 0.29) is 47.9 Å². The van der Waals surface area contributed by atoms with Gasteiger partial charge in [0.2, 0.25) is 0 Å². The van der Waals surface area contributed by atoms with Crippen LogP contribution in [0.4, 0.5) is 5.69 Å². The van der Waals surface area contributed by atoms with Crippen molar-refractivity contribution in [2.75, 3.05) is 32.2 Å². The summed E-state index contributed by atoms with van der Waals surface area (Å²) in [7, 11) is 1.69. The highest BCUT2D eigenvalue weighted by Gasteiger charge is 2.72. The summed E-state index contributed by atoms with van der Waals surface area (Å²) in [5.74, 6) is 0.454. The Hall–Kier alpha value is -2.35. The average Bonchev–Trinajstić information content (AvgIpc) is 3.74. The van der Waals surface area contributed by atoms with Crippen LogP contribution in [0.5, 0.6) is 5.75 Å². The van der Waals surface area contributed by atoms with Gasteiger partial charge in [-0.15, -0.1) is 0 Å². The molecule has 2 aliphatic heterocycles. The number of hydrogen-bond acceptors (Lipinski definition) is 7. The number of epoxide rings is 2. The first-order valence-electron chi connectivity index (χ1n) is 12.1. The largest absolute Gasteiger partial charge is 0.490 e. The molecule has 3 aliphatic rings. The Bertz CT molecular complexity index is 904. The van der Waals surface area contributed by atoms with Gasteiger partial charge in [0.15, 0.2) is 0 Å². The number of ether oxygens (including phenoxy) is 5. The first kappa shape index (κ1) is 24.8. The maximum atomic E-state index is 12.7. The topological polar surface area (TPSA) is 81.9 Å². The molecule has 1 aromatic rings. The third kappa shape index (κ3) is 5.32. The molecular weight excluding hydrogens is 434 g/mol. The lowest BCUT2D eigenvalue weighted by Gasteiger charge is -2.42. The summed E-state index contributed by atoms with van der Waals surface area (Å²) in [6, 6.07) is 7.43. The van der Waals surface area contributed by atoms with Gasteiger partial charge in [-0.05, 0) is 64.3 Å². The quantitative estimate of drug-likeness (QED) is 0.293. The molecule has 0 amide bonds. The molecule has 2 heterocycles. The van der Waals surface area contributed by atoms with Gasteiger partial charge < -0.3 is 29.0 Å². The van der Waals surface area contributed by atoms with Gasteiger partial charge in [0.25, 0.3) is 0 Å². The van der Waals surface area contributed by atoms with Crippen molar-refractivity contribution in [3.63, 3.8) is 0 Å². The van der Waals surface area contributed by atoms with Gasteiger partial charge in [-0.1, -0.05) is 24.3 Å². The molecule has 34 heavy (non-hydrogen) atoms. The Balaban J connectivity index is 1.35. The number of methoxy groups -OCH3 is 1. The van der Waals surface area contributed by atoms with E-state index in [1.807, 2.05) is 24.3 Å². The summed E-state index contributed by atoms with van der Waals surface area (Å²) in [4.78, 5) is 12.7. The predicted octanol–water partition coefficient (Wildman–Crippen LogP) is 4.28. The highest BCUT2D eigenvalue weighted by molar-refractivity contribution is 5.75. The molecule has 1 spiro atoms. The van der Waals surface area contributed by atoms with E-state index in [1.165, 1.54) is 5.57 Å². The molecule has 3 fully saturated rings. The fourth-order valence-electron chi connectivity index (χ4n) is 5.28. The van der Waals surface area contributed by atoms with Crippen LogP contribution in [0, 0.1) is 5.92 Å².